The molecule has 176 valence electrons. The van der Waals surface area contributed by atoms with E-state index in [2.05, 4.69) is 23.9 Å². The van der Waals surface area contributed by atoms with Crippen LogP contribution in [-0.2, 0) is 31.8 Å². The van der Waals surface area contributed by atoms with Crippen LogP contribution < -0.4 is 11.1 Å². The number of nitrogens with zero attached hydrogens (tertiary/aromatic N) is 3. The van der Waals surface area contributed by atoms with E-state index in [1.165, 1.54) is 10.9 Å². The van der Waals surface area contributed by atoms with Crippen LogP contribution in [0.25, 0.3) is 0 Å². The second kappa shape index (κ2) is 8.61. The Balaban J connectivity index is 1.63. The summed E-state index contributed by atoms with van der Waals surface area (Å²) in [5.41, 5.74) is 5.65. The van der Waals surface area contributed by atoms with Crippen molar-refractivity contribution in [3.8, 4) is 0 Å². The number of guanidine groups is 1. The lowest BCUT2D eigenvalue weighted by Gasteiger charge is -2.22. The topological polar surface area (TPSA) is 278 Å². The van der Waals surface area contributed by atoms with Crippen molar-refractivity contribution < 1.29 is 61.6 Å². The van der Waals surface area contributed by atoms with E-state index in [0.29, 0.717) is 0 Å². The van der Waals surface area contributed by atoms with E-state index in [4.69, 9.17) is 29.9 Å². The normalized spacial score (nSPS) is 30.1. The zero-order chi connectivity index (χ0) is 23.2. The lowest BCUT2D eigenvalue weighted by atomic mass is 10.2. The fourth-order valence-corrected chi connectivity index (χ4v) is 6.00. The maximum Gasteiger partial charge on any atom is 0.488 e. The second-order valence-corrected chi connectivity index (χ2v) is 11.0. The van der Waals surface area contributed by atoms with Crippen LogP contribution in [0, 0.1) is 0 Å². The summed E-state index contributed by atoms with van der Waals surface area (Å²) in [6, 6.07) is 0. The van der Waals surface area contributed by atoms with E-state index in [9.17, 15) is 28.8 Å². The van der Waals surface area contributed by atoms with Crippen LogP contribution in [0.15, 0.2) is 11.3 Å². The standard InChI is InChI=1S/C10H18N5O13P3/c11-10-13-7-6(8(17)14-10)12-2-15(7)9-4(16)1-5(26-9)25-3-29(18,19)27-31(23,24)28-30(20,21)22/h2,4-5,8-9,16-17H,1,3H2,(H,18,19)(H,23,24)(H3,11,13,14)(H2,20,21,22)/t4?,5-,8?,9+/m0/s1. The molecule has 1 saturated heterocycles. The third-order valence-corrected chi connectivity index (χ3v) is 7.76. The van der Waals surface area contributed by atoms with Gasteiger partial charge in [-0.3, -0.25) is 9.13 Å². The third-order valence-electron chi connectivity index (χ3n) is 3.76. The summed E-state index contributed by atoms with van der Waals surface area (Å²) in [5, 5.41) is 22.6. The maximum absolute atomic E-state index is 11.9. The molecule has 3 heterocycles. The van der Waals surface area contributed by atoms with Crippen molar-refractivity contribution in [2.45, 2.75) is 31.3 Å². The van der Waals surface area contributed by atoms with Crippen molar-refractivity contribution in [3.63, 3.8) is 0 Å². The molecule has 3 rings (SSSR count). The number of fused-ring (bicyclic) bond motifs is 1. The first-order valence-electron chi connectivity index (χ1n) is 8.09. The van der Waals surface area contributed by atoms with Gasteiger partial charge in [-0.1, -0.05) is 0 Å². The van der Waals surface area contributed by atoms with E-state index < -0.39 is 54.4 Å². The number of aliphatic hydroxyl groups is 2. The molecule has 31 heavy (non-hydrogen) atoms. The zero-order valence-electron chi connectivity index (χ0n) is 15.1. The van der Waals surface area contributed by atoms with Gasteiger partial charge in [-0.2, -0.15) is 9.30 Å². The van der Waals surface area contributed by atoms with Crippen molar-refractivity contribution in [2.24, 2.45) is 10.7 Å². The number of aromatic nitrogens is 2. The first kappa shape index (κ1) is 24.4. The van der Waals surface area contributed by atoms with Gasteiger partial charge < -0.3 is 50.3 Å². The van der Waals surface area contributed by atoms with E-state index in [1.807, 2.05) is 0 Å². The summed E-state index contributed by atoms with van der Waals surface area (Å²) in [5.74, 6) is -0.0354. The highest BCUT2D eigenvalue weighted by molar-refractivity contribution is 7.68. The van der Waals surface area contributed by atoms with E-state index in [1.54, 1.807) is 0 Å². The molecular weight excluding hydrogens is 491 g/mol. The molecule has 0 radical (unpaired) electrons. The summed E-state index contributed by atoms with van der Waals surface area (Å²) >= 11 is 0. The van der Waals surface area contributed by atoms with Crippen molar-refractivity contribution in [3.05, 3.63) is 12.0 Å². The fraction of sp³-hybridized carbons (Fsp3) is 0.600. The molecule has 0 spiro atoms. The molecule has 9 N–H and O–H groups in total. The first-order chi connectivity index (χ1) is 14.2. The van der Waals surface area contributed by atoms with E-state index >= 15 is 0 Å². The smallest absolute Gasteiger partial charge is 0.388 e. The number of rotatable bonds is 8. The molecule has 18 nitrogen and oxygen atoms in total. The molecule has 21 heteroatoms. The Bertz CT molecular complexity index is 1010. The van der Waals surface area contributed by atoms with Crippen LogP contribution in [0.4, 0.5) is 5.82 Å². The average Bonchev–Trinajstić information content (AvgIpc) is 3.12. The largest absolute Gasteiger partial charge is 0.488 e. The van der Waals surface area contributed by atoms with E-state index in [-0.39, 0.29) is 23.9 Å². The predicted octanol–water partition coefficient (Wildman–Crippen LogP) is -1.58. The Hall–Kier alpha value is -1.23. The first-order valence-corrected chi connectivity index (χ1v) is 12.9. The number of hydrogen-bond donors (Lipinski definition) is 8. The van der Waals surface area contributed by atoms with Gasteiger partial charge in [-0.05, 0) is 0 Å². The molecular formula is C10H18N5O13P3. The number of imidazole rings is 1. The molecule has 6 atom stereocenters. The minimum absolute atomic E-state index is 0.0837. The molecule has 4 unspecified atom stereocenters. The molecule has 2 aliphatic rings. The van der Waals surface area contributed by atoms with Gasteiger partial charge in [-0.25, -0.2) is 18.4 Å². The van der Waals surface area contributed by atoms with Crippen LogP contribution >= 0.6 is 23.2 Å². The Morgan fingerprint density at radius 1 is 1.23 bits per heavy atom. The zero-order valence-corrected chi connectivity index (χ0v) is 17.8. The van der Waals surface area contributed by atoms with Gasteiger partial charge in [0.05, 0.1) is 6.33 Å². The lowest BCUT2D eigenvalue weighted by molar-refractivity contribution is -0.145. The van der Waals surface area contributed by atoms with Gasteiger partial charge in [0.25, 0.3) is 0 Å². The molecule has 0 saturated carbocycles. The summed E-state index contributed by atoms with van der Waals surface area (Å²) in [6.07, 6.45) is -5.21. The molecule has 0 amide bonds. The van der Waals surface area contributed by atoms with E-state index in [0.717, 1.165) is 0 Å². The highest BCUT2D eigenvalue weighted by atomic mass is 31.3. The summed E-state index contributed by atoms with van der Waals surface area (Å²) < 4.78 is 52.8. The molecule has 2 aliphatic heterocycles. The van der Waals surface area contributed by atoms with Crippen molar-refractivity contribution in [1.82, 2.24) is 14.9 Å². The number of aliphatic hydroxyl groups excluding tert-OH is 2. The Morgan fingerprint density at radius 2 is 1.90 bits per heavy atom. The minimum atomic E-state index is -5.60. The molecule has 1 aromatic rings. The predicted molar refractivity (Wildman–Crippen MR) is 96.0 cm³/mol. The number of hydrogen-bond acceptors (Lipinski definition) is 13. The van der Waals surface area contributed by atoms with Crippen LogP contribution in [-0.4, -0.2) is 64.0 Å². The van der Waals surface area contributed by atoms with Gasteiger partial charge in [0, 0.05) is 6.42 Å². The van der Waals surface area contributed by atoms with Crippen LogP contribution in [0.3, 0.4) is 0 Å². The van der Waals surface area contributed by atoms with Gasteiger partial charge in [-0.15, -0.1) is 0 Å². The summed E-state index contributed by atoms with van der Waals surface area (Å²) in [4.78, 5) is 43.6. The molecule has 1 fully saturated rings. The summed E-state index contributed by atoms with van der Waals surface area (Å²) in [6.45, 7) is 0. The maximum atomic E-state index is 11.9. The monoisotopic (exact) mass is 509 g/mol. The number of nitrogens with one attached hydrogen (secondary N) is 1. The average molecular weight is 509 g/mol. The minimum Gasteiger partial charge on any atom is -0.388 e. The van der Waals surface area contributed by atoms with Crippen LogP contribution in [0.5, 0.6) is 0 Å². The van der Waals surface area contributed by atoms with Crippen molar-refractivity contribution in [2.75, 3.05) is 6.35 Å². The number of ether oxygens (including phenoxy) is 2. The Morgan fingerprint density at radius 3 is 2.55 bits per heavy atom. The quantitative estimate of drug-likeness (QED) is 0.183. The highest BCUT2D eigenvalue weighted by Crippen LogP contribution is 2.66. The number of nitrogens with two attached hydrogens (primary N) is 1. The number of phosphoric acid groups is 2. The summed E-state index contributed by atoms with van der Waals surface area (Å²) in [7, 11) is -16.1. The van der Waals surface area contributed by atoms with Crippen LogP contribution in [0.2, 0.25) is 0 Å². The Labute approximate surface area is 172 Å². The molecule has 0 aromatic carbocycles. The highest BCUT2D eigenvalue weighted by Gasteiger charge is 2.42. The van der Waals surface area contributed by atoms with Crippen molar-refractivity contribution >= 4 is 35.0 Å². The fourth-order valence-electron chi connectivity index (χ4n) is 2.70. The van der Waals surface area contributed by atoms with Gasteiger partial charge in [0.1, 0.15) is 11.8 Å². The van der Waals surface area contributed by atoms with Gasteiger partial charge >= 0.3 is 23.2 Å². The second-order valence-electron chi connectivity index (χ2n) is 6.22. The third kappa shape index (κ3) is 6.18. The molecule has 0 bridgehead atoms. The van der Waals surface area contributed by atoms with Crippen molar-refractivity contribution in [1.29, 1.82) is 0 Å². The SMILES string of the molecule is NC1=Nc2c(ncn2[C@@H]2O[C@H](OCP(=O)(O)OP(=O)(O)OP(=O)(O)O)CC2O)C(O)N1. The lowest BCUT2D eigenvalue weighted by Crippen LogP contribution is -2.37. The number of aliphatic imine (C=N–C) groups is 1. The Kier molecular flexibility index (Phi) is 6.78. The van der Waals surface area contributed by atoms with Crippen LogP contribution in [0.1, 0.15) is 24.6 Å². The molecule has 1 aromatic heterocycles. The van der Waals surface area contributed by atoms with Gasteiger partial charge in [0.2, 0.25) is 0 Å². The van der Waals surface area contributed by atoms with Gasteiger partial charge in [0.15, 0.2) is 36.9 Å². The molecule has 0 aliphatic carbocycles.